The number of anilines is 2. The Labute approximate surface area is 168 Å². The third-order valence-corrected chi connectivity index (χ3v) is 3.65. The summed E-state index contributed by atoms with van der Waals surface area (Å²) in [5, 5.41) is 5.22. The van der Waals surface area contributed by atoms with Crippen molar-refractivity contribution in [2.45, 2.75) is 6.92 Å². The number of hydrogen-bond acceptors (Lipinski definition) is 6. The third-order valence-electron chi connectivity index (χ3n) is 3.65. The van der Waals surface area contributed by atoms with Gasteiger partial charge in [-0.25, -0.2) is 4.79 Å². The fraction of sp³-hybridized carbons (Fsp3) is 0.190. The normalized spacial score (nSPS) is 10.3. The standard InChI is InChI=1S/C21H22N2O6/c1-14(24)22-16-6-8-17(9-7-16)23-20(25)13-29-21(26)11-5-15-4-10-18(27-2)19(12-15)28-3/h4-12H,13H2,1-3H3,(H,22,24)(H,23,25)/b11-5+. The van der Waals surface area contributed by atoms with Gasteiger partial charge in [0.2, 0.25) is 5.91 Å². The van der Waals surface area contributed by atoms with Crippen LogP contribution in [0.15, 0.2) is 48.5 Å². The highest BCUT2D eigenvalue weighted by Gasteiger charge is 2.07. The number of carbonyl (C=O) groups is 3. The molecule has 0 radical (unpaired) electrons. The number of methoxy groups -OCH3 is 2. The molecule has 0 aliphatic carbocycles. The molecule has 2 aromatic rings. The Morgan fingerprint density at radius 2 is 1.52 bits per heavy atom. The van der Waals surface area contributed by atoms with Gasteiger partial charge in [-0.05, 0) is 48.0 Å². The Hall–Kier alpha value is -3.81. The number of benzene rings is 2. The molecule has 2 aromatic carbocycles. The third kappa shape index (κ3) is 7.02. The van der Waals surface area contributed by atoms with Crippen LogP contribution in [0.2, 0.25) is 0 Å². The van der Waals surface area contributed by atoms with Gasteiger partial charge < -0.3 is 24.8 Å². The van der Waals surface area contributed by atoms with Gasteiger partial charge in [0.05, 0.1) is 14.2 Å². The number of nitrogens with one attached hydrogen (secondary N) is 2. The number of hydrogen-bond donors (Lipinski definition) is 2. The molecule has 0 saturated carbocycles. The van der Waals surface area contributed by atoms with E-state index in [1.165, 1.54) is 27.2 Å². The monoisotopic (exact) mass is 398 g/mol. The lowest BCUT2D eigenvalue weighted by molar-refractivity contribution is -0.142. The first-order valence-electron chi connectivity index (χ1n) is 8.65. The molecular formula is C21H22N2O6. The molecule has 0 fully saturated rings. The van der Waals surface area contributed by atoms with E-state index in [1.54, 1.807) is 48.5 Å². The van der Waals surface area contributed by atoms with E-state index in [4.69, 9.17) is 14.2 Å². The summed E-state index contributed by atoms with van der Waals surface area (Å²) >= 11 is 0. The molecule has 2 amide bonds. The van der Waals surface area contributed by atoms with Gasteiger partial charge in [0, 0.05) is 24.4 Å². The van der Waals surface area contributed by atoms with Crippen LogP contribution in [-0.2, 0) is 19.1 Å². The molecule has 0 heterocycles. The van der Waals surface area contributed by atoms with Gasteiger partial charge in [0.1, 0.15) is 0 Å². The molecule has 29 heavy (non-hydrogen) atoms. The molecule has 0 atom stereocenters. The zero-order valence-corrected chi connectivity index (χ0v) is 16.4. The minimum atomic E-state index is -0.657. The summed E-state index contributed by atoms with van der Waals surface area (Å²) in [4.78, 5) is 34.7. The minimum absolute atomic E-state index is 0.185. The molecule has 8 heteroatoms. The summed E-state index contributed by atoms with van der Waals surface area (Å²) in [6, 6.07) is 11.7. The van der Waals surface area contributed by atoms with Crippen molar-refractivity contribution < 1.29 is 28.6 Å². The highest BCUT2D eigenvalue weighted by atomic mass is 16.5. The van der Waals surface area contributed by atoms with Crippen LogP contribution in [0.3, 0.4) is 0 Å². The lowest BCUT2D eigenvalue weighted by Gasteiger charge is -2.08. The van der Waals surface area contributed by atoms with Crippen molar-refractivity contribution >= 4 is 35.2 Å². The fourth-order valence-corrected chi connectivity index (χ4v) is 2.34. The van der Waals surface area contributed by atoms with Crippen LogP contribution >= 0.6 is 0 Å². The second-order valence-electron chi connectivity index (χ2n) is 5.86. The van der Waals surface area contributed by atoms with Crippen LogP contribution in [0.1, 0.15) is 12.5 Å². The highest BCUT2D eigenvalue weighted by Crippen LogP contribution is 2.27. The molecule has 0 spiro atoms. The Bertz CT molecular complexity index is 906. The van der Waals surface area contributed by atoms with Crippen LogP contribution in [0.25, 0.3) is 6.08 Å². The van der Waals surface area contributed by atoms with Gasteiger partial charge in [-0.15, -0.1) is 0 Å². The molecule has 2 N–H and O–H groups in total. The van der Waals surface area contributed by atoms with E-state index >= 15 is 0 Å². The molecule has 0 bridgehead atoms. The fourth-order valence-electron chi connectivity index (χ4n) is 2.34. The Morgan fingerprint density at radius 3 is 2.10 bits per heavy atom. The maximum absolute atomic E-state index is 11.9. The first-order valence-corrected chi connectivity index (χ1v) is 8.65. The summed E-state index contributed by atoms with van der Waals surface area (Å²) in [6.07, 6.45) is 2.76. The van der Waals surface area contributed by atoms with Crippen LogP contribution < -0.4 is 20.1 Å². The maximum atomic E-state index is 11.9. The van der Waals surface area contributed by atoms with Crippen molar-refractivity contribution in [2.75, 3.05) is 31.5 Å². The Morgan fingerprint density at radius 1 is 0.897 bits per heavy atom. The van der Waals surface area contributed by atoms with Crippen LogP contribution in [-0.4, -0.2) is 38.6 Å². The predicted molar refractivity (Wildman–Crippen MR) is 109 cm³/mol. The zero-order valence-electron chi connectivity index (χ0n) is 16.4. The quantitative estimate of drug-likeness (QED) is 0.524. The largest absolute Gasteiger partial charge is 0.493 e. The summed E-state index contributed by atoms with van der Waals surface area (Å²) in [5.74, 6) is -0.211. The van der Waals surface area contributed by atoms with E-state index < -0.39 is 18.5 Å². The maximum Gasteiger partial charge on any atom is 0.331 e. The topological polar surface area (TPSA) is 103 Å². The average molecular weight is 398 g/mol. The number of ether oxygens (including phenoxy) is 3. The molecule has 152 valence electrons. The number of rotatable bonds is 8. The summed E-state index contributed by atoms with van der Waals surface area (Å²) in [5.41, 5.74) is 1.84. The first-order chi connectivity index (χ1) is 13.9. The minimum Gasteiger partial charge on any atom is -0.493 e. The molecule has 0 unspecified atom stereocenters. The first kappa shape index (κ1) is 21.5. The van der Waals surface area contributed by atoms with E-state index in [9.17, 15) is 14.4 Å². The van der Waals surface area contributed by atoms with Gasteiger partial charge in [-0.2, -0.15) is 0 Å². The van der Waals surface area contributed by atoms with Crippen LogP contribution in [0.5, 0.6) is 11.5 Å². The van der Waals surface area contributed by atoms with Gasteiger partial charge in [-0.1, -0.05) is 6.07 Å². The average Bonchev–Trinajstić information content (AvgIpc) is 2.71. The molecule has 0 aromatic heterocycles. The van der Waals surface area contributed by atoms with Gasteiger partial charge in [0.25, 0.3) is 5.91 Å². The van der Waals surface area contributed by atoms with Gasteiger partial charge in [0.15, 0.2) is 18.1 Å². The van der Waals surface area contributed by atoms with E-state index in [-0.39, 0.29) is 5.91 Å². The van der Waals surface area contributed by atoms with E-state index in [2.05, 4.69) is 10.6 Å². The summed E-state index contributed by atoms with van der Waals surface area (Å²) in [6.45, 7) is 0.978. The molecule has 0 aliphatic heterocycles. The number of esters is 1. The lowest BCUT2D eigenvalue weighted by atomic mass is 10.2. The smallest absolute Gasteiger partial charge is 0.331 e. The number of amides is 2. The summed E-state index contributed by atoms with van der Waals surface area (Å²) < 4.78 is 15.3. The second-order valence-corrected chi connectivity index (χ2v) is 5.86. The lowest BCUT2D eigenvalue weighted by Crippen LogP contribution is -2.20. The van der Waals surface area contributed by atoms with Crippen molar-refractivity contribution in [1.82, 2.24) is 0 Å². The van der Waals surface area contributed by atoms with Crippen molar-refractivity contribution in [3.8, 4) is 11.5 Å². The number of carbonyl (C=O) groups excluding carboxylic acids is 3. The highest BCUT2D eigenvalue weighted by molar-refractivity contribution is 5.95. The predicted octanol–water partition coefficient (Wildman–Crippen LogP) is 2.86. The van der Waals surface area contributed by atoms with Crippen LogP contribution in [0, 0.1) is 0 Å². The van der Waals surface area contributed by atoms with Crippen molar-refractivity contribution in [2.24, 2.45) is 0 Å². The molecule has 0 aliphatic rings. The van der Waals surface area contributed by atoms with Gasteiger partial charge >= 0.3 is 5.97 Å². The van der Waals surface area contributed by atoms with Crippen molar-refractivity contribution in [1.29, 1.82) is 0 Å². The van der Waals surface area contributed by atoms with E-state index in [1.807, 2.05) is 0 Å². The van der Waals surface area contributed by atoms with Crippen LogP contribution in [0.4, 0.5) is 11.4 Å². The van der Waals surface area contributed by atoms with Crippen molar-refractivity contribution in [3.05, 3.63) is 54.1 Å². The molecule has 2 rings (SSSR count). The molecular weight excluding hydrogens is 376 g/mol. The van der Waals surface area contributed by atoms with E-state index in [0.717, 1.165) is 0 Å². The molecule has 8 nitrogen and oxygen atoms in total. The second kappa shape index (κ2) is 10.5. The Balaban J connectivity index is 1.83. The van der Waals surface area contributed by atoms with E-state index in [0.29, 0.717) is 28.4 Å². The van der Waals surface area contributed by atoms with Crippen molar-refractivity contribution in [3.63, 3.8) is 0 Å². The summed E-state index contributed by atoms with van der Waals surface area (Å²) in [7, 11) is 3.05. The SMILES string of the molecule is COc1ccc(/C=C/C(=O)OCC(=O)Nc2ccc(NC(C)=O)cc2)cc1OC. The molecule has 0 saturated heterocycles. The Kier molecular flexibility index (Phi) is 7.78. The van der Waals surface area contributed by atoms with Gasteiger partial charge in [-0.3, -0.25) is 9.59 Å². The zero-order chi connectivity index (χ0) is 21.2.